The van der Waals surface area contributed by atoms with Gasteiger partial charge < -0.3 is 15.3 Å². The molecule has 0 atom stereocenters. The number of rotatable bonds is 5. The first-order valence-corrected chi connectivity index (χ1v) is 6.43. The number of hydrogen-bond donors (Lipinski definition) is 3. The van der Waals surface area contributed by atoms with Crippen molar-refractivity contribution in [3.63, 3.8) is 0 Å². The van der Waals surface area contributed by atoms with Crippen LogP contribution in [0.5, 0.6) is 0 Å². The lowest BCUT2D eigenvalue weighted by atomic mass is 10.1. The number of nitrogens with zero attached hydrogens (tertiary/aromatic N) is 2. The maximum absolute atomic E-state index is 12.0. The van der Waals surface area contributed by atoms with E-state index < -0.39 is 0 Å². The van der Waals surface area contributed by atoms with Gasteiger partial charge >= 0.3 is 0 Å². The second-order valence-electron chi connectivity index (χ2n) is 4.63. The molecule has 1 aromatic heterocycles. The van der Waals surface area contributed by atoms with E-state index >= 15 is 0 Å². The zero-order chi connectivity index (χ0) is 14.5. The van der Waals surface area contributed by atoms with Gasteiger partial charge in [0.2, 0.25) is 0 Å². The van der Waals surface area contributed by atoms with Gasteiger partial charge in [-0.05, 0) is 30.7 Å². The highest BCUT2D eigenvalue weighted by molar-refractivity contribution is 5.94. The van der Waals surface area contributed by atoms with E-state index in [9.17, 15) is 4.79 Å². The zero-order valence-electron chi connectivity index (χ0n) is 11.7. The second-order valence-corrected chi connectivity index (χ2v) is 4.63. The van der Waals surface area contributed by atoms with Gasteiger partial charge in [-0.15, -0.1) is 0 Å². The third-order valence-corrected chi connectivity index (χ3v) is 3.20. The lowest BCUT2D eigenvalue weighted by Crippen LogP contribution is -2.26. The predicted octanol–water partition coefficient (Wildman–Crippen LogP) is 0.987. The van der Waals surface area contributed by atoms with Crippen LogP contribution in [0.4, 0.5) is 5.69 Å². The van der Waals surface area contributed by atoms with Gasteiger partial charge in [0.15, 0.2) is 0 Å². The topological polar surface area (TPSA) is 85.0 Å². The predicted molar refractivity (Wildman–Crippen MR) is 78.2 cm³/mol. The number of carbonyl (C=O) groups is 1. The summed E-state index contributed by atoms with van der Waals surface area (Å²) in [5, 5.41) is 2.89. The number of nitrogens with two attached hydrogens (primary N) is 1. The Bertz CT molecular complexity index is 605. The first-order chi connectivity index (χ1) is 9.61. The van der Waals surface area contributed by atoms with E-state index in [1.807, 2.05) is 30.8 Å². The van der Waals surface area contributed by atoms with Crippen molar-refractivity contribution >= 4 is 11.6 Å². The highest BCUT2D eigenvalue weighted by atomic mass is 16.1. The van der Waals surface area contributed by atoms with Crippen LogP contribution in [0.1, 0.15) is 21.7 Å². The molecular weight excluding hydrogens is 254 g/mol. The monoisotopic (exact) mass is 273 g/mol. The highest BCUT2D eigenvalue weighted by Crippen LogP contribution is 2.15. The van der Waals surface area contributed by atoms with Crippen molar-refractivity contribution in [3.8, 4) is 0 Å². The van der Waals surface area contributed by atoms with E-state index in [1.54, 1.807) is 18.3 Å². The standard InChI is InChI=1S/C14H19N5O/c1-10-9-11(3-4-12(10)18-15)14(20)17-6-5-13-16-7-8-19(13)2/h3-4,7-9,18H,5-6,15H2,1-2H3,(H,17,20). The summed E-state index contributed by atoms with van der Waals surface area (Å²) in [7, 11) is 1.94. The molecule has 6 heteroatoms. The Labute approximate surface area is 118 Å². The quantitative estimate of drug-likeness (QED) is 0.560. The lowest BCUT2D eigenvalue weighted by molar-refractivity contribution is 0.0954. The third kappa shape index (κ3) is 3.16. The molecule has 0 bridgehead atoms. The van der Waals surface area contributed by atoms with Crippen LogP contribution in [0.15, 0.2) is 30.6 Å². The molecule has 0 aliphatic carbocycles. The summed E-state index contributed by atoms with van der Waals surface area (Å²) >= 11 is 0. The number of hydrogen-bond acceptors (Lipinski definition) is 4. The summed E-state index contributed by atoms with van der Waals surface area (Å²) in [5.74, 6) is 6.22. The van der Waals surface area contributed by atoms with Crippen LogP contribution >= 0.6 is 0 Å². The SMILES string of the molecule is Cc1cc(C(=O)NCCc2nccn2C)ccc1NN. The van der Waals surface area contributed by atoms with Crippen molar-refractivity contribution in [3.05, 3.63) is 47.5 Å². The van der Waals surface area contributed by atoms with Crippen molar-refractivity contribution in [1.29, 1.82) is 0 Å². The fourth-order valence-corrected chi connectivity index (χ4v) is 1.99. The number of amides is 1. The summed E-state index contributed by atoms with van der Waals surface area (Å²) in [5.41, 5.74) is 4.96. The number of anilines is 1. The summed E-state index contributed by atoms with van der Waals surface area (Å²) in [4.78, 5) is 16.2. The molecular formula is C14H19N5O. The molecule has 1 amide bonds. The van der Waals surface area contributed by atoms with Crippen molar-refractivity contribution in [2.45, 2.75) is 13.3 Å². The number of imidazole rings is 1. The molecule has 0 saturated carbocycles. The van der Waals surface area contributed by atoms with Gasteiger partial charge in [0.05, 0.1) is 5.69 Å². The van der Waals surface area contributed by atoms with Crippen LogP contribution in [0, 0.1) is 6.92 Å². The van der Waals surface area contributed by atoms with E-state index in [2.05, 4.69) is 15.7 Å². The van der Waals surface area contributed by atoms with Gasteiger partial charge in [0.25, 0.3) is 5.91 Å². The van der Waals surface area contributed by atoms with E-state index in [0.717, 1.165) is 17.1 Å². The fraction of sp³-hybridized carbons (Fsp3) is 0.286. The molecule has 0 saturated heterocycles. The second kappa shape index (κ2) is 6.21. The van der Waals surface area contributed by atoms with E-state index in [0.29, 0.717) is 18.5 Å². The minimum absolute atomic E-state index is 0.0918. The molecule has 0 radical (unpaired) electrons. The largest absolute Gasteiger partial charge is 0.352 e. The van der Waals surface area contributed by atoms with Gasteiger partial charge in [0.1, 0.15) is 5.82 Å². The van der Waals surface area contributed by atoms with Crippen molar-refractivity contribution in [2.75, 3.05) is 12.0 Å². The molecule has 2 rings (SSSR count). The molecule has 4 N–H and O–H groups in total. The number of benzene rings is 1. The molecule has 20 heavy (non-hydrogen) atoms. The number of nitrogen functional groups attached to an aromatic ring is 1. The first-order valence-electron chi connectivity index (χ1n) is 6.43. The Morgan fingerprint density at radius 3 is 2.85 bits per heavy atom. The molecule has 0 aliphatic heterocycles. The molecule has 0 unspecified atom stereocenters. The Balaban J connectivity index is 1.92. The van der Waals surface area contributed by atoms with Crippen molar-refractivity contribution < 1.29 is 4.79 Å². The van der Waals surface area contributed by atoms with E-state index in [1.165, 1.54) is 0 Å². The maximum atomic E-state index is 12.0. The van der Waals surface area contributed by atoms with E-state index in [-0.39, 0.29) is 5.91 Å². The van der Waals surface area contributed by atoms with Crippen molar-refractivity contribution in [1.82, 2.24) is 14.9 Å². The number of nitrogens with one attached hydrogen (secondary N) is 2. The molecule has 1 aromatic carbocycles. The smallest absolute Gasteiger partial charge is 0.251 e. The molecule has 2 aromatic rings. The van der Waals surface area contributed by atoms with Crippen LogP contribution in [0.3, 0.4) is 0 Å². The molecule has 0 aliphatic rings. The molecule has 0 fully saturated rings. The average molecular weight is 273 g/mol. The molecule has 6 nitrogen and oxygen atoms in total. The van der Waals surface area contributed by atoms with Gasteiger partial charge in [-0.3, -0.25) is 10.6 Å². The summed E-state index contributed by atoms with van der Waals surface area (Å²) in [6.07, 6.45) is 4.34. The van der Waals surface area contributed by atoms with Gasteiger partial charge in [0, 0.05) is 38.0 Å². The molecule has 0 spiro atoms. The molecule has 106 valence electrons. The van der Waals surface area contributed by atoms with Crippen LogP contribution in [-0.4, -0.2) is 22.0 Å². The van der Waals surface area contributed by atoms with Gasteiger partial charge in [-0.1, -0.05) is 0 Å². The highest BCUT2D eigenvalue weighted by Gasteiger charge is 2.07. The average Bonchev–Trinajstić information content (AvgIpc) is 2.84. The lowest BCUT2D eigenvalue weighted by Gasteiger charge is -2.08. The minimum atomic E-state index is -0.0918. The number of hydrazine groups is 1. The van der Waals surface area contributed by atoms with Crippen LogP contribution in [-0.2, 0) is 13.5 Å². The summed E-state index contributed by atoms with van der Waals surface area (Å²) in [6, 6.07) is 5.35. The molecule has 1 heterocycles. The summed E-state index contributed by atoms with van der Waals surface area (Å²) in [6.45, 7) is 2.46. The number of aromatic nitrogens is 2. The van der Waals surface area contributed by atoms with Crippen molar-refractivity contribution in [2.24, 2.45) is 12.9 Å². The van der Waals surface area contributed by atoms with Crippen LogP contribution in [0.25, 0.3) is 0 Å². The summed E-state index contributed by atoms with van der Waals surface area (Å²) < 4.78 is 1.94. The van der Waals surface area contributed by atoms with E-state index in [4.69, 9.17) is 5.84 Å². The van der Waals surface area contributed by atoms with Gasteiger partial charge in [-0.2, -0.15) is 0 Å². The fourth-order valence-electron chi connectivity index (χ4n) is 1.99. The maximum Gasteiger partial charge on any atom is 0.251 e. The Kier molecular flexibility index (Phi) is 4.37. The Morgan fingerprint density at radius 2 is 2.25 bits per heavy atom. The number of aryl methyl sites for hydroxylation is 2. The normalized spacial score (nSPS) is 10.3. The van der Waals surface area contributed by atoms with Gasteiger partial charge in [-0.25, -0.2) is 4.98 Å². The number of carbonyl (C=O) groups excluding carboxylic acids is 1. The Morgan fingerprint density at radius 1 is 1.45 bits per heavy atom. The van der Waals surface area contributed by atoms with Crippen LogP contribution < -0.4 is 16.6 Å². The van der Waals surface area contributed by atoms with Crippen LogP contribution in [0.2, 0.25) is 0 Å². The third-order valence-electron chi connectivity index (χ3n) is 3.20. The Hall–Kier alpha value is -2.34. The zero-order valence-corrected chi connectivity index (χ0v) is 11.7. The first kappa shape index (κ1) is 14.1. The minimum Gasteiger partial charge on any atom is -0.352 e.